The quantitative estimate of drug-likeness (QED) is 0.905. The number of rotatable bonds is 3. The number of amides is 1. The molecule has 0 spiro atoms. The number of hydrogen-bond acceptors (Lipinski definition) is 4. The molecule has 2 N–H and O–H groups in total. The number of nitrogens with zero attached hydrogens (tertiary/aromatic N) is 1. The fourth-order valence-electron chi connectivity index (χ4n) is 2.40. The Labute approximate surface area is 131 Å². The smallest absolute Gasteiger partial charge is 0.253 e. The molecule has 1 saturated heterocycles. The van der Waals surface area contributed by atoms with E-state index in [1.807, 2.05) is 4.90 Å². The summed E-state index contributed by atoms with van der Waals surface area (Å²) in [7, 11) is -3.22. The van der Waals surface area contributed by atoms with Gasteiger partial charge in [-0.05, 0) is 49.6 Å². The number of nitrogens with two attached hydrogens (primary N) is 1. The molecule has 0 aromatic heterocycles. The molecule has 0 radical (unpaired) electrons. The molecule has 1 fully saturated rings. The number of hydrogen-bond donors (Lipinski definition) is 1. The highest BCUT2D eigenvalue weighted by Gasteiger charge is 2.23. The normalized spacial score (nSPS) is 16.4. The van der Waals surface area contributed by atoms with Crippen LogP contribution in [0.2, 0.25) is 0 Å². The molecule has 1 heterocycles. The fourth-order valence-corrected chi connectivity index (χ4v) is 3.03. The second kappa shape index (κ2) is 7.24. The van der Waals surface area contributed by atoms with Gasteiger partial charge >= 0.3 is 0 Å². The summed E-state index contributed by atoms with van der Waals surface area (Å²) < 4.78 is 22.8. The van der Waals surface area contributed by atoms with Crippen molar-refractivity contribution in [3.8, 4) is 0 Å². The molecule has 0 unspecified atom stereocenters. The van der Waals surface area contributed by atoms with Crippen LogP contribution in [0.4, 0.5) is 0 Å². The molecule has 0 bridgehead atoms. The molecule has 1 amide bonds. The third-order valence-electron chi connectivity index (χ3n) is 3.76. The van der Waals surface area contributed by atoms with Crippen molar-refractivity contribution >= 4 is 28.2 Å². The first-order valence-electron chi connectivity index (χ1n) is 6.71. The third-order valence-corrected chi connectivity index (χ3v) is 4.89. The molecule has 2 rings (SSSR count). The van der Waals surface area contributed by atoms with Crippen molar-refractivity contribution in [1.82, 2.24) is 4.90 Å². The first-order chi connectivity index (χ1) is 9.41. The Morgan fingerprint density at radius 1 is 1.24 bits per heavy atom. The summed E-state index contributed by atoms with van der Waals surface area (Å²) in [6, 6.07) is 6.12. The maximum absolute atomic E-state index is 12.3. The number of halogens is 1. The van der Waals surface area contributed by atoms with Gasteiger partial charge in [-0.25, -0.2) is 8.42 Å². The lowest BCUT2D eigenvalue weighted by Crippen LogP contribution is -2.40. The van der Waals surface area contributed by atoms with Gasteiger partial charge in [-0.3, -0.25) is 4.79 Å². The molecule has 0 saturated carbocycles. The fraction of sp³-hybridized carbons (Fsp3) is 0.500. The second-order valence-corrected chi connectivity index (χ2v) is 7.28. The first kappa shape index (κ1) is 17.9. The van der Waals surface area contributed by atoms with Gasteiger partial charge in [-0.1, -0.05) is 0 Å². The van der Waals surface area contributed by atoms with Crippen LogP contribution in [0.1, 0.15) is 23.2 Å². The lowest BCUT2D eigenvalue weighted by atomic mass is 9.96. The summed E-state index contributed by atoms with van der Waals surface area (Å²) in [4.78, 5) is 14.3. The molecular formula is C14H21ClN2O3S. The van der Waals surface area contributed by atoms with Crippen molar-refractivity contribution < 1.29 is 13.2 Å². The summed E-state index contributed by atoms with van der Waals surface area (Å²) in [5.74, 6) is 0.465. The summed E-state index contributed by atoms with van der Waals surface area (Å²) in [6.07, 6.45) is 3.02. The molecule has 1 aliphatic heterocycles. The Morgan fingerprint density at radius 3 is 2.19 bits per heavy atom. The third kappa shape index (κ3) is 4.43. The SMILES string of the molecule is CS(=O)(=O)c1ccc(C(=O)N2CCC(CN)CC2)cc1.Cl. The maximum atomic E-state index is 12.3. The Hall–Kier alpha value is -1.11. The number of carbonyl (C=O) groups is 1. The average molecular weight is 333 g/mol. The summed E-state index contributed by atoms with van der Waals surface area (Å²) in [5.41, 5.74) is 6.16. The molecule has 118 valence electrons. The highest BCUT2D eigenvalue weighted by molar-refractivity contribution is 7.90. The molecule has 0 atom stereocenters. The van der Waals surface area contributed by atoms with Gasteiger partial charge in [0.1, 0.15) is 0 Å². The van der Waals surface area contributed by atoms with E-state index in [1.165, 1.54) is 12.1 Å². The predicted octanol–water partition coefficient (Wildman–Crippen LogP) is 1.32. The van der Waals surface area contributed by atoms with Crippen LogP contribution >= 0.6 is 12.4 Å². The minimum Gasteiger partial charge on any atom is -0.339 e. The van der Waals surface area contributed by atoms with E-state index >= 15 is 0 Å². The molecule has 0 aliphatic carbocycles. The Bertz CT molecular complexity index is 579. The van der Waals surface area contributed by atoms with Crippen molar-refractivity contribution in [2.24, 2.45) is 11.7 Å². The second-order valence-electron chi connectivity index (χ2n) is 5.27. The van der Waals surface area contributed by atoms with E-state index in [1.54, 1.807) is 12.1 Å². The monoisotopic (exact) mass is 332 g/mol. The van der Waals surface area contributed by atoms with Crippen molar-refractivity contribution in [2.75, 3.05) is 25.9 Å². The number of sulfone groups is 1. The summed E-state index contributed by atoms with van der Waals surface area (Å²) in [6.45, 7) is 2.11. The van der Waals surface area contributed by atoms with Crippen LogP contribution in [-0.4, -0.2) is 45.1 Å². The van der Waals surface area contributed by atoms with Gasteiger partial charge in [0.25, 0.3) is 5.91 Å². The van der Waals surface area contributed by atoms with Gasteiger partial charge in [-0.15, -0.1) is 12.4 Å². The van der Waals surface area contributed by atoms with E-state index < -0.39 is 9.84 Å². The lowest BCUT2D eigenvalue weighted by molar-refractivity contribution is 0.0693. The van der Waals surface area contributed by atoms with Crippen molar-refractivity contribution in [2.45, 2.75) is 17.7 Å². The van der Waals surface area contributed by atoms with Crippen LogP contribution < -0.4 is 5.73 Å². The van der Waals surface area contributed by atoms with E-state index in [4.69, 9.17) is 5.73 Å². The zero-order chi connectivity index (χ0) is 14.8. The van der Waals surface area contributed by atoms with Gasteiger partial charge in [0.05, 0.1) is 4.90 Å². The van der Waals surface area contributed by atoms with Gasteiger partial charge < -0.3 is 10.6 Å². The Morgan fingerprint density at radius 2 is 1.76 bits per heavy atom. The first-order valence-corrected chi connectivity index (χ1v) is 8.60. The summed E-state index contributed by atoms with van der Waals surface area (Å²) in [5, 5.41) is 0. The van der Waals surface area contributed by atoms with E-state index in [0.717, 1.165) is 19.1 Å². The van der Waals surface area contributed by atoms with Crippen LogP contribution in [0, 0.1) is 5.92 Å². The molecular weight excluding hydrogens is 312 g/mol. The summed E-state index contributed by atoms with van der Waals surface area (Å²) >= 11 is 0. The van der Waals surface area contributed by atoms with Gasteiger partial charge in [0.15, 0.2) is 9.84 Å². The molecule has 1 aromatic carbocycles. The van der Waals surface area contributed by atoms with Crippen molar-refractivity contribution in [1.29, 1.82) is 0 Å². The van der Waals surface area contributed by atoms with E-state index in [-0.39, 0.29) is 23.2 Å². The average Bonchev–Trinajstić information content (AvgIpc) is 2.46. The van der Waals surface area contributed by atoms with Crippen LogP contribution in [0.25, 0.3) is 0 Å². The highest BCUT2D eigenvalue weighted by Crippen LogP contribution is 2.19. The zero-order valence-corrected chi connectivity index (χ0v) is 13.6. The van der Waals surface area contributed by atoms with Crippen LogP contribution in [-0.2, 0) is 9.84 Å². The van der Waals surface area contributed by atoms with Crippen LogP contribution in [0.15, 0.2) is 29.2 Å². The standard InChI is InChI=1S/C14H20N2O3S.ClH/c1-20(18,19)13-4-2-12(3-5-13)14(17)16-8-6-11(10-15)7-9-16;/h2-5,11H,6-10,15H2,1H3;1H. The van der Waals surface area contributed by atoms with Crippen LogP contribution in [0.5, 0.6) is 0 Å². The van der Waals surface area contributed by atoms with Crippen LogP contribution in [0.3, 0.4) is 0 Å². The molecule has 1 aliphatic rings. The van der Waals surface area contributed by atoms with E-state index in [0.29, 0.717) is 31.1 Å². The Balaban J connectivity index is 0.00000220. The number of likely N-dealkylation sites (tertiary alicyclic amines) is 1. The predicted molar refractivity (Wildman–Crippen MR) is 84.5 cm³/mol. The molecule has 5 nitrogen and oxygen atoms in total. The highest BCUT2D eigenvalue weighted by atomic mass is 35.5. The topological polar surface area (TPSA) is 80.5 Å². The van der Waals surface area contributed by atoms with Gasteiger partial charge in [0, 0.05) is 24.9 Å². The molecule has 1 aromatic rings. The lowest BCUT2D eigenvalue weighted by Gasteiger charge is -2.31. The largest absolute Gasteiger partial charge is 0.339 e. The van der Waals surface area contributed by atoms with E-state index in [2.05, 4.69) is 0 Å². The maximum Gasteiger partial charge on any atom is 0.253 e. The minimum atomic E-state index is -3.22. The Kier molecular flexibility index (Phi) is 6.19. The van der Waals surface area contributed by atoms with Gasteiger partial charge in [0.2, 0.25) is 0 Å². The minimum absolute atomic E-state index is 0. The molecule has 21 heavy (non-hydrogen) atoms. The molecule has 7 heteroatoms. The number of piperidine rings is 1. The zero-order valence-electron chi connectivity index (χ0n) is 12.0. The van der Waals surface area contributed by atoms with E-state index in [9.17, 15) is 13.2 Å². The number of benzene rings is 1. The number of carbonyl (C=O) groups excluding carboxylic acids is 1. The van der Waals surface area contributed by atoms with Crippen molar-refractivity contribution in [3.63, 3.8) is 0 Å². The van der Waals surface area contributed by atoms with Crippen molar-refractivity contribution in [3.05, 3.63) is 29.8 Å². The van der Waals surface area contributed by atoms with Gasteiger partial charge in [-0.2, -0.15) is 0 Å².